The maximum atomic E-state index is 15.2. The highest BCUT2D eigenvalue weighted by Gasteiger charge is 2.50. The summed E-state index contributed by atoms with van der Waals surface area (Å²) in [6, 6.07) is 5.88. The molecule has 0 radical (unpaired) electrons. The molecule has 0 aliphatic carbocycles. The van der Waals surface area contributed by atoms with E-state index >= 15 is 4.39 Å². The summed E-state index contributed by atoms with van der Waals surface area (Å²) in [4.78, 5) is 5.77. The van der Waals surface area contributed by atoms with Crippen molar-refractivity contribution in [1.29, 1.82) is 0 Å². The van der Waals surface area contributed by atoms with Crippen molar-refractivity contribution in [2.45, 2.75) is 24.9 Å². The van der Waals surface area contributed by atoms with Crippen molar-refractivity contribution in [2.75, 3.05) is 25.1 Å². The molecule has 11 heteroatoms. The first-order chi connectivity index (χ1) is 15.5. The van der Waals surface area contributed by atoms with Gasteiger partial charge in [0.1, 0.15) is 11.6 Å². The minimum Gasteiger partial charge on any atom is -0.496 e. The average molecular weight is 483 g/mol. The van der Waals surface area contributed by atoms with Gasteiger partial charge in [-0.15, -0.1) is 0 Å². The molecule has 33 heavy (non-hydrogen) atoms. The van der Waals surface area contributed by atoms with Crippen LogP contribution in [0.25, 0.3) is 11.1 Å². The lowest BCUT2D eigenvalue weighted by atomic mass is 9.91. The Morgan fingerprint density at radius 2 is 1.88 bits per heavy atom. The molecule has 0 saturated carbocycles. The second kappa shape index (κ2) is 8.36. The van der Waals surface area contributed by atoms with E-state index in [1.165, 1.54) is 19.3 Å². The molecule has 1 unspecified atom stereocenters. The van der Waals surface area contributed by atoms with Gasteiger partial charge in [-0.1, -0.05) is 0 Å². The van der Waals surface area contributed by atoms with E-state index in [0.717, 1.165) is 11.8 Å². The molecule has 6 nitrogen and oxygen atoms in total. The van der Waals surface area contributed by atoms with Crippen LogP contribution in [0.4, 0.5) is 23.2 Å². The third-order valence-corrected chi connectivity index (χ3v) is 7.39. The molecular formula is C22H21F4N3O3S. The predicted octanol–water partition coefficient (Wildman–Crippen LogP) is 4.47. The van der Waals surface area contributed by atoms with Gasteiger partial charge < -0.3 is 9.64 Å². The molecule has 1 atom stereocenters. The molecule has 0 spiro atoms. The number of nitrogens with zero attached hydrogens (tertiary/aromatic N) is 3. The van der Waals surface area contributed by atoms with Crippen molar-refractivity contribution in [3.05, 3.63) is 65.9 Å². The smallest absolute Gasteiger partial charge is 0.496 e. The average Bonchev–Trinajstić information content (AvgIpc) is 2.78. The third-order valence-electron chi connectivity index (χ3n) is 5.94. The number of allylic oxidation sites excluding steroid dienone is 1. The Labute approximate surface area is 188 Å². The number of methoxy groups -OCH3 is 1. The summed E-state index contributed by atoms with van der Waals surface area (Å²) in [5, 5.41) is 0. The number of rotatable bonds is 4. The Hall–Kier alpha value is -3.08. The number of halogens is 4. The lowest BCUT2D eigenvalue weighted by Crippen LogP contribution is -2.46. The summed E-state index contributed by atoms with van der Waals surface area (Å²) in [6.45, 7) is 1.82. The Balaban J connectivity index is 1.67. The molecule has 0 fully saturated rings. The fraction of sp³-hybridized carbons (Fsp3) is 0.318. The van der Waals surface area contributed by atoms with Gasteiger partial charge >= 0.3 is 15.5 Å². The van der Waals surface area contributed by atoms with Crippen LogP contribution in [0.5, 0.6) is 5.75 Å². The van der Waals surface area contributed by atoms with Crippen LogP contribution in [0.1, 0.15) is 13.3 Å². The van der Waals surface area contributed by atoms with Gasteiger partial charge in [0.25, 0.3) is 0 Å². The van der Waals surface area contributed by atoms with E-state index < -0.39 is 33.9 Å². The lowest BCUT2D eigenvalue weighted by molar-refractivity contribution is -0.0476. The number of pyridine rings is 1. The van der Waals surface area contributed by atoms with E-state index in [9.17, 15) is 21.6 Å². The van der Waals surface area contributed by atoms with E-state index in [4.69, 9.17) is 4.74 Å². The number of anilines is 1. The molecule has 0 bridgehead atoms. The van der Waals surface area contributed by atoms with E-state index in [0.29, 0.717) is 39.8 Å². The van der Waals surface area contributed by atoms with E-state index in [1.54, 1.807) is 37.5 Å². The van der Waals surface area contributed by atoms with Gasteiger partial charge in [0.2, 0.25) is 0 Å². The Morgan fingerprint density at radius 3 is 2.52 bits per heavy atom. The molecule has 3 heterocycles. The molecule has 0 saturated heterocycles. The van der Waals surface area contributed by atoms with Crippen molar-refractivity contribution in [3.8, 4) is 16.9 Å². The highest BCUT2D eigenvalue weighted by atomic mass is 32.2. The van der Waals surface area contributed by atoms with Gasteiger partial charge in [-0.2, -0.15) is 21.6 Å². The van der Waals surface area contributed by atoms with Gasteiger partial charge in [-0.25, -0.2) is 4.39 Å². The van der Waals surface area contributed by atoms with Crippen molar-refractivity contribution in [3.63, 3.8) is 0 Å². The molecule has 1 aromatic carbocycles. The number of sulfonamides is 1. The first-order valence-electron chi connectivity index (χ1n) is 10.1. The van der Waals surface area contributed by atoms with Gasteiger partial charge in [-0.05, 0) is 54.3 Å². The fourth-order valence-corrected chi connectivity index (χ4v) is 5.01. The number of aromatic nitrogens is 1. The summed E-state index contributed by atoms with van der Waals surface area (Å²) >= 11 is 0. The fourth-order valence-electron chi connectivity index (χ4n) is 4.21. The van der Waals surface area contributed by atoms with Gasteiger partial charge in [0.05, 0.1) is 19.2 Å². The zero-order valence-electron chi connectivity index (χ0n) is 17.8. The molecule has 2 aliphatic rings. The Bertz CT molecular complexity index is 1230. The molecule has 0 amide bonds. The van der Waals surface area contributed by atoms with Crippen LogP contribution < -0.4 is 9.64 Å². The molecule has 176 valence electrons. The highest BCUT2D eigenvalue weighted by Crippen LogP contribution is 2.40. The topological polar surface area (TPSA) is 62.7 Å². The quantitative estimate of drug-likeness (QED) is 0.601. The molecule has 0 N–H and O–H groups in total. The standard InChI is InChI=1S/C22H21F4N3O3S/c1-14-18-13-28(33(30,31)22(24,25)26)9-5-15(18)6-10-29(14)17-11-19(23)21(20(12-17)32-2)16-3-7-27-8-4-16/h3-5,7-9,11-12,14H,6,10,13H2,1-2H3. The second-order valence-electron chi connectivity index (χ2n) is 7.72. The van der Waals surface area contributed by atoms with E-state index in [1.807, 2.05) is 4.90 Å². The molecule has 2 aromatic rings. The third kappa shape index (κ3) is 4.05. The van der Waals surface area contributed by atoms with E-state index in [-0.39, 0.29) is 5.56 Å². The number of ether oxygens (including phenoxy) is 1. The predicted molar refractivity (Wildman–Crippen MR) is 115 cm³/mol. The SMILES string of the molecule is COc1cc(N2CCC3=C(CN(S(=O)(=O)C(F)(F)F)C=C3)C2C)cc(F)c1-c1ccncc1. The van der Waals surface area contributed by atoms with Crippen LogP contribution in [-0.2, 0) is 10.0 Å². The van der Waals surface area contributed by atoms with Gasteiger partial charge in [0, 0.05) is 42.9 Å². The van der Waals surface area contributed by atoms with E-state index in [2.05, 4.69) is 4.98 Å². The van der Waals surface area contributed by atoms with Crippen LogP contribution >= 0.6 is 0 Å². The second-order valence-corrected chi connectivity index (χ2v) is 9.60. The summed E-state index contributed by atoms with van der Waals surface area (Å²) < 4.78 is 83.8. The molecule has 4 rings (SSSR count). The summed E-state index contributed by atoms with van der Waals surface area (Å²) in [5.41, 5.74) is -2.72. The van der Waals surface area contributed by atoms with Gasteiger partial charge in [0.15, 0.2) is 0 Å². The number of hydrogen-bond acceptors (Lipinski definition) is 5. The van der Waals surface area contributed by atoms with Crippen LogP contribution in [0.2, 0.25) is 0 Å². The summed E-state index contributed by atoms with van der Waals surface area (Å²) in [5.74, 6) is -0.222. The zero-order chi connectivity index (χ0) is 24.0. The highest BCUT2D eigenvalue weighted by molar-refractivity contribution is 7.90. The van der Waals surface area contributed by atoms with Crippen LogP contribution in [0.15, 0.2) is 60.1 Å². The van der Waals surface area contributed by atoms with Crippen molar-refractivity contribution in [1.82, 2.24) is 9.29 Å². The van der Waals surface area contributed by atoms with Crippen molar-refractivity contribution < 1.29 is 30.7 Å². The first-order valence-corrected chi connectivity index (χ1v) is 11.5. The minimum absolute atomic E-state index is 0.274. The Kier molecular flexibility index (Phi) is 5.85. The van der Waals surface area contributed by atoms with Crippen LogP contribution in [0, 0.1) is 5.82 Å². The maximum Gasteiger partial charge on any atom is 0.516 e. The number of benzene rings is 1. The largest absolute Gasteiger partial charge is 0.516 e. The molecular weight excluding hydrogens is 462 g/mol. The van der Waals surface area contributed by atoms with Crippen molar-refractivity contribution in [2.24, 2.45) is 0 Å². The van der Waals surface area contributed by atoms with Crippen molar-refractivity contribution >= 4 is 15.7 Å². The Morgan fingerprint density at radius 1 is 1.18 bits per heavy atom. The molecule has 1 aromatic heterocycles. The number of hydrogen-bond donors (Lipinski definition) is 0. The minimum atomic E-state index is -5.50. The summed E-state index contributed by atoms with van der Waals surface area (Å²) in [7, 11) is -4.07. The monoisotopic (exact) mass is 483 g/mol. The summed E-state index contributed by atoms with van der Waals surface area (Å²) in [6.07, 6.45) is 5.92. The zero-order valence-corrected chi connectivity index (χ0v) is 18.6. The lowest BCUT2D eigenvalue weighted by Gasteiger charge is -2.41. The van der Waals surface area contributed by atoms with Crippen LogP contribution in [-0.4, -0.2) is 49.5 Å². The number of alkyl halides is 3. The van der Waals surface area contributed by atoms with Gasteiger partial charge in [-0.3, -0.25) is 9.29 Å². The van der Waals surface area contributed by atoms with Crippen LogP contribution in [0.3, 0.4) is 0 Å². The molecule has 2 aliphatic heterocycles. The maximum absolute atomic E-state index is 15.2. The first kappa shape index (κ1) is 23.1. The normalized spacial score (nSPS) is 19.0.